The van der Waals surface area contributed by atoms with E-state index in [4.69, 9.17) is 5.73 Å². The van der Waals surface area contributed by atoms with Crippen molar-refractivity contribution < 1.29 is 4.39 Å². The van der Waals surface area contributed by atoms with Crippen molar-refractivity contribution in [3.05, 3.63) is 47.8 Å². The third-order valence-electron chi connectivity index (χ3n) is 2.54. The van der Waals surface area contributed by atoms with Crippen LogP contribution in [0.4, 0.5) is 4.39 Å². The van der Waals surface area contributed by atoms with Crippen LogP contribution in [0.3, 0.4) is 0 Å². The normalized spacial score (nSPS) is 10.7. The molecule has 3 nitrogen and oxygen atoms in total. The predicted octanol–water partition coefficient (Wildman–Crippen LogP) is 1.82. The predicted molar refractivity (Wildman–Crippen MR) is 61.0 cm³/mol. The van der Waals surface area contributed by atoms with Crippen LogP contribution in [0.1, 0.15) is 11.3 Å². The summed E-state index contributed by atoms with van der Waals surface area (Å²) in [5, 5.41) is 0. The SMILES string of the molecule is Cc1cc(-n2cncc2CCN)ccc1F. The van der Waals surface area contributed by atoms with Crippen LogP contribution in [0.15, 0.2) is 30.7 Å². The highest BCUT2D eigenvalue weighted by Crippen LogP contribution is 2.15. The van der Waals surface area contributed by atoms with Gasteiger partial charge in [0.15, 0.2) is 0 Å². The van der Waals surface area contributed by atoms with Gasteiger partial charge in [-0.25, -0.2) is 9.37 Å². The first-order chi connectivity index (χ1) is 7.72. The maximum absolute atomic E-state index is 13.1. The van der Waals surface area contributed by atoms with Gasteiger partial charge in [-0.15, -0.1) is 0 Å². The molecule has 0 saturated carbocycles. The number of aromatic nitrogens is 2. The number of halogens is 1. The van der Waals surface area contributed by atoms with Crippen molar-refractivity contribution in [1.29, 1.82) is 0 Å². The van der Waals surface area contributed by atoms with Gasteiger partial charge in [-0.05, 0) is 37.2 Å². The van der Waals surface area contributed by atoms with Gasteiger partial charge < -0.3 is 10.3 Å². The van der Waals surface area contributed by atoms with Gasteiger partial charge in [0.25, 0.3) is 0 Å². The fraction of sp³-hybridized carbons (Fsp3) is 0.250. The van der Waals surface area contributed by atoms with E-state index in [1.807, 2.05) is 4.57 Å². The summed E-state index contributed by atoms with van der Waals surface area (Å²) in [6.07, 6.45) is 4.26. The molecule has 2 aromatic rings. The van der Waals surface area contributed by atoms with Gasteiger partial charge in [0.1, 0.15) is 5.82 Å². The average molecular weight is 219 g/mol. The van der Waals surface area contributed by atoms with E-state index in [9.17, 15) is 4.39 Å². The molecule has 0 atom stereocenters. The molecule has 2 rings (SSSR count). The van der Waals surface area contributed by atoms with Crippen molar-refractivity contribution in [2.45, 2.75) is 13.3 Å². The van der Waals surface area contributed by atoms with E-state index in [-0.39, 0.29) is 5.82 Å². The molecule has 0 unspecified atom stereocenters. The lowest BCUT2D eigenvalue weighted by molar-refractivity contribution is 0.618. The molecule has 2 N–H and O–H groups in total. The standard InChI is InChI=1S/C12H14FN3/c1-9-6-10(2-3-12(9)13)16-8-15-7-11(16)4-5-14/h2-3,6-8H,4-5,14H2,1H3. The van der Waals surface area contributed by atoms with Crippen LogP contribution in [0.25, 0.3) is 5.69 Å². The molecule has 1 aromatic heterocycles. The lowest BCUT2D eigenvalue weighted by Crippen LogP contribution is -2.07. The fourth-order valence-corrected chi connectivity index (χ4v) is 1.67. The van der Waals surface area contributed by atoms with Crippen LogP contribution < -0.4 is 5.73 Å². The maximum Gasteiger partial charge on any atom is 0.126 e. The first-order valence-electron chi connectivity index (χ1n) is 5.20. The van der Waals surface area contributed by atoms with E-state index in [0.717, 1.165) is 17.8 Å². The Morgan fingerprint density at radius 1 is 1.44 bits per heavy atom. The van der Waals surface area contributed by atoms with Crippen molar-refractivity contribution in [1.82, 2.24) is 9.55 Å². The second kappa shape index (κ2) is 4.45. The molecule has 0 amide bonds. The highest BCUT2D eigenvalue weighted by Gasteiger charge is 2.05. The lowest BCUT2D eigenvalue weighted by atomic mass is 10.2. The lowest BCUT2D eigenvalue weighted by Gasteiger charge is -2.08. The summed E-state index contributed by atoms with van der Waals surface area (Å²) in [5.41, 5.74) is 8.10. The van der Waals surface area contributed by atoms with Crippen LogP contribution in [0.2, 0.25) is 0 Å². The first kappa shape index (κ1) is 10.8. The Kier molecular flexibility index (Phi) is 3.01. The van der Waals surface area contributed by atoms with E-state index in [1.54, 1.807) is 31.6 Å². The maximum atomic E-state index is 13.1. The topological polar surface area (TPSA) is 43.8 Å². The van der Waals surface area contributed by atoms with Gasteiger partial charge in [-0.3, -0.25) is 0 Å². The van der Waals surface area contributed by atoms with E-state index >= 15 is 0 Å². The minimum Gasteiger partial charge on any atom is -0.330 e. The molecule has 0 aliphatic rings. The summed E-state index contributed by atoms with van der Waals surface area (Å²) in [6.45, 7) is 2.32. The molecular formula is C12H14FN3. The van der Waals surface area contributed by atoms with Crippen molar-refractivity contribution >= 4 is 0 Å². The average Bonchev–Trinajstić information content (AvgIpc) is 2.71. The van der Waals surface area contributed by atoms with Crippen LogP contribution in [-0.2, 0) is 6.42 Å². The minimum atomic E-state index is -0.191. The van der Waals surface area contributed by atoms with Crippen molar-refractivity contribution in [3.8, 4) is 5.69 Å². The highest BCUT2D eigenvalue weighted by molar-refractivity contribution is 5.37. The third-order valence-corrected chi connectivity index (χ3v) is 2.54. The van der Waals surface area contributed by atoms with Crippen LogP contribution in [0.5, 0.6) is 0 Å². The van der Waals surface area contributed by atoms with Crippen molar-refractivity contribution in [2.24, 2.45) is 5.73 Å². The Hall–Kier alpha value is -1.68. The minimum absolute atomic E-state index is 0.191. The number of aryl methyl sites for hydroxylation is 1. The number of hydrogen-bond donors (Lipinski definition) is 1. The Bertz CT molecular complexity index is 491. The van der Waals surface area contributed by atoms with Gasteiger partial charge in [0.05, 0.1) is 6.33 Å². The molecule has 84 valence electrons. The Balaban J connectivity index is 2.42. The zero-order valence-corrected chi connectivity index (χ0v) is 9.15. The van der Waals surface area contributed by atoms with Crippen molar-refractivity contribution in [3.63, 3.8) is 0 Å². The number of hydrogen-bond acceptors (Lipinski definition) is 2. The van der Waals surface area contributed by atoms with Gasteiger partial charge in [0, 0.05) is 24.0 Å². The highest BCUT2D eigenvalue weighted by atomic mass is 19.1. The Morgan fingerprint density at radius 2 is 2.25 bits per heavy atom. The number of nitrogens with two attached hydrogens (primary N) is 1. The largest absolute Gasteiger partial charge is 0.330 e. The monoisotopic (exact) mass is 219 g/mol. The zero-order valence-electron chi connectivity index (χ0n) is 9.15. The third kappa shape index (κ3) is 1.97. The molecule has 1 heterocycles. The molecule has 0 aliphatic heterocycles. The van der Waals surface area contributed by atoms with Crippen LogP contribution in [0, 0.1) is 12.7 Å². The molecule has 1 aromatic carbocycles. The molecule has 0 spiro atoms. The summed E-state index contributed by atoms with van der Waals surface area (Å²) in [5.74, 6) is -0.191. The van der Waals surface area contributed by atoms with Gasteiger partial charge in [-0.1, -0.05) is 0 Å². The molecule has 0 saturated heterocycles. The van der Waals surface area contributed by atoms with Gasteiger partial charge in [-0.2, -0.15) is 0 Å². The number of rotatable bonds is 3. The van der Waals surface area contributed by atoms with Crippen LogP contribution >= 0.6 is 0 Å². The van der Waals surface area contributed by atoms with Gasteiger partial charge in [0.2, 0.25) is 0 Å². The fourth-order valence-electron chi connectivity index (χ4n) is 1.67. The van der Waals surface area contributed by atoms with Crippen molar-refractivity contribution in [2.75, 3.05) is 6.54 Å². The van der Waals surface area contributed by atoms with Crippen LogP contribution in [-0.4, -0.2) is 16.1 Å². The Labute approximate surface area is 93.7 Å². The summed E-state index contributed by atoms with van der Waals surface area (Å²) in [4.78, 5) is 4.08. The second-order valence-electron chi connectivity index (χ2n) is 3.73. The number of benzene rings is 1. The summed E-state index contributed by atoms with van der Waals surface area (Å²) in [6, 6.07) is 5.01. The van der Waals surface area contributed by atoms with E-state index < -0.39 is 0 Å². The van der Waals surface area contributed by atoms with E-state index in [1.165, 1.54) is 6.07 Å². The molecule has 0 radical (unpaired) electrons. The van der Waals surface area contributed by atoms with E-state index in [0.29, 0.717) is 12.1 Å². The molecule has 4 heteroatoms. The molecule has 0 aliphatic carbocycles. The second-order valence-corrected chi connectivity index (χ2v) is 3.73. The first-order valence-corrected chi connectivity index (χ1v) is 5.20. The molecule has 0 bridgehead atoms. The van der Waals surface area contributed by atoms with E-state index in [2.05, 4.69) is 4.98 Å². The number of nitrogens with zero attached hydrogens (tertiary/aromatic N) is 2. The smallest absolute Gasteiger partial charge is 0.126 e. The van der Waals surface area contributed by atoms with Gasteiger partial charge >= 0.3 is 0 Å². The quantitative estimate of drug-likeness (QED) is 0.855. The number of imidazole rings is 1. The molecule has 16 heavy (non-hydrogen) atoms. The Morgan fingerprint density at radius 3 is 2.94 bits per heavy atom. The summed E-state index contributed by atoms with van der Waals surface area (Å²) < 4.78 is 15.1. The zero-order chi connectivity index (χ0) is 11.5. The molecule has 0 fully saturated rings. The summed E-state index contributed by atoms with van der Waals surface area (Å²) in [7, 11) is 0. The summed E-state index contributed by atoms with van der Waals surface area (Å²) >= 11 is 0. The molecular weight excluding hydrogens is 205 g/mol.